The summed E-state index contributed by atoms with van der Waals surface area (Å²) in [5.41, 5.74) is 9.02. The normalized spacial score (nSPS) is 16.7. The maximum Gasteiger partial charge on any atom is 0.222 e. The fraction of sp³-hybridized carbons (Fsp3) is 0.500. The molecule has 3 N–H and O–H groups in total. The fourth-order valence-electron chi connectivity index (χ4n) is 2.58. The van der Waals surface area contributed by atoms with Crippen molar-refractivity contribution < 1.29 is 4.79 Å². The van der Waals surface area contributed by atoms with Crippen LogP contribution in [0.15, 0.2) is 18.2 Å². The third-order valence-corrected chi connectivity index (χ3v) is 3.56. The summed E-state index contributed by atoms with van der Waals surface area (Å²) in [6, 6.07) is 6.13. The van der Waals surface area contributed by atoms with Crippen molar-refractivity contribution in [2.75, 3.05) is 30.8 Å². The first kappa shape index (κ1) is 12.7. The zero-order chi connectivity index (χ0) is 13.1. The second-order valence-electron chi connectivity index (χ2n) is 4.98. The summed E-state index contributed by atoms with van der Waals surface area (Å²) in [7, 11) is 1.70. The molecule has 1 aromatic carbocycles. The van der Waals surface area contributed by atoms with Crippen LogP contribution in [0.25, 0.3) is 0 Å². The summed E-state index contributed by atoms with van der Waals surface area (Å²) in [5, 5.41) is 2.73. The molecule has 0 spiro atoms. The zero-order valence-corrected chi connectivity index (χ0v) is 11.1. The van der Waals surface area contributed by atoms with E-state index in [1.54, 1.807) is 7.05 Å². The molecule has 4 heteroatoms. The first-order valence-corrected chi connectivity index (χ1v) is 6.44. The number of rotatable bonds is 2. The van der Waals surface area contributed by atoms with Crippen molar-refractivity contribution in [3.05, 3.63) is 23.8 Å². The van der Waals surface area contributed by atoms with Crippen LogP contribution in [0.4, 0.5) is 11.4 Å². The lowest BCUT2D eigenvalue weighted by Gasteiger charge is -2.33. The molecular weight excluding hydrogens is 226 g/mol. The van der Waals surface area contributed by atoms with E-state index >= 15 is 0 Å². The molecule has 0 radical (unpaired) electrons. The zero-order valence-electron chi connectivity index (χ0n) is 11.1. The van der Waals surface area contributed by atoms with Crippen LogP contribution in [-0.4, -0.2) is 26.0 Å². The van der Waals surface area contributed by atoms with Gasteiger partial charge in [0.15, 0.2) is 0 Å². The molecule has 0 unspecified atom stereocenters. The van der Waals surface area contributed by atoms with E-state index in [0.717, 1.165) is 31.6 Å². The van der Waals surface area contributed by atoms with Gasteiger partial charge in [-0.3, -0.25) is 4.79 Å². The monoisotopic (exact) mass is 247 g/mol. The number of nitrogens with zero attached hydrogens (tertiary/aromatic N) is 1. The van der Waals surface area contributed by atoms with Crippen LogP contribution in [0.3, 0.4) is 0 Å². The highest BCUT2D eigenvalue weighted by molar-refractivity contribution is 5.78. The number of anilines is 2. The van der Waals surface area contributed by atoms with Crippen molar-refractivity contribution in [3.63, 3.8) is 0 Å². The van der Waals surface area contributed by atoms with E-state index in [-0.39, 0.29) is 11.8 Å². The van der Waals surface area contributed by atoms with Crippen molar-refractivity contribution in [1.29, 1.82) is 0 Å². The number of hydrogen-bond acceptors (Lipinski definition) is 3. The van der Waals surface area contributed by atoms with Gasteiger partial charge in [0.1, 0.15) is 0 Å². The number of carbonyl (C=O) groups excluding carboxylic acids is 1. The molecule has 1 aliphatic heterocycles. The predicted octanol–water partition coefficient (Wildman–Crippen LogP) is 1.54. The van der Waals surface area contributed by atoms with Crippen LogP contribution in [0.2, 0.25) is 0 Å². The number of aryl methyl sites for hydroxylation is 1. The SMILES string of the molecule is CNC(=O)C1CCN(c2cc(C)cc(N)c2)CC1. The maximum absolute atomic E-state index is 11.6. The van der Waals surface area contributed by atoms with Gasteiger partial charge in [0.05, 0.1) is 0 Å². The van der Waals surface area contributed by atoms with E-state index in [2.05, 4.69) is 23.2 Å². The molecule has 1 fully saturated rings. The van der Waals surface area contributed by atoms with Gasteiger partial charge in [0.2, 0.25) is 5.91 Å². The Balaban J connectivity index is 2.03. The van der Waals surface area contributed by atoms with E-state index in [4.69, 9.17) is 5.73 Å². The second-order valence-corrected chi connectivity index (χ2v) is 4.98. The molecule has 2 rings (SSSR count). The Kier molecular flexibility index (Phi) is 3.75. The first-order chi connectivity index (χ1) is 8.60. The highest BCUT2D eigenvalue weighted by atomic mass is 16.1. The van der Waals surface area contributed by atoms with Gasteiger partial charge >= 0.3 is 0 Å². The Bertz CT molecular complexity index is 416. The minimum absolute atomic E-state index is 0.161. The third kappa shape index (κ3) is 2.75. The Morgan fingerprint density at radius 3 is 2.56 bits per heavy atom. The van der Waals surface area contributed by atoms with Gasteiger partial charge in [-0.2, -0.15) is 0 Å². The number of amides is 1. The van der Waals surface area contributed by atoms with Crippen molar-refractivity contribution in [3.8, 4) is 0 Å². The van der Waals surface area contributed by atoms with Gasteiger partial charge in [0, 0.05) is 37.4 Å². The molecule has 4 nitrogen and oxygen atoms in total. The number of piperidine rings is 1. The number of nitrogen functional groups attached to an aromatic ring is 1. The van der Waals surface area contributed by atoms with E-state index < -0.39 is 0 Å². The van der Waals surface area contributed by atoms with Crippen molar-refractivity contribution >= 4 is 17.3 Å². The molecule has 1 amide bonds. The molecule has 18 heavy (non-hydrogen) atoms. The second kappa shape index (κ2) is 5.29. The molecule has 1 heterocycles. The Labute approximate surface area is 108 Å². The van der Waals surface area contributed by atoms with Gasteiger partial charge in [-0.25, -0.2) is 0 Å². The van der Waals surface area contributed by atoms with Crippen molar-refractivity contribution in [2.45, 2.75) is 19.8 Å². The summed E-state index contributed by atoms with van der Waals surface area (Å²) in [4.78, 5) is 13.9. The minimum atomic E-state index is 0.161. The molecule has 1 saturated heterocycles. The van der Waals surface area contributed by atoms with Crippen LogP contribution in [0, 0.1) is 12.8 Å². The lowest BCUT2D eigenvalue weighted by atomic mass is 9.95. The van der Waals surface area contributed by atoms with Gasteiger partial charge in [-0.05, 0) is 43.5 Å². The maximum atomic E-state index is 11.6. The molecular formula is C14H21N3O. The van der Waals surface area contributed by atoms with Gasteiger partial charge < -0.3 is 16.0 Å². The smallest absolute Gasteiger partial charge is 0.222 e. The van der Waals surface area contributed by atoms with Crippen LogP contribution in [-0.2, 0) is 4.79 Å². The molecule has 0 atom stereocenters. The molecule has 98 valence electrons. The van der Waals surface area contributed by atoms with Gasteiger partial charge in [-0.1, -0.05) is 0 Å². The molecule has 0 saturated carbocycles. The average Bonchev–Trinajstić information content (AvgIpc) is 2.37. The highest BCUT2D eigenvalue weighted by Crippen LogP contribution is 2.26. The predicted molar refractivity (Wildman–Crippen MR) is 74.6 cm³/mol. The van der Waals surface area contributed by atoms with Crippen LogP contribution < -0.4 is 16.0 Å². The highest BCUT2D eigenvalue weighted by Gasteiger charge is 2.24. The summed E-state index contributed by atoms with van der Waals surface area (Å²) >= 11 is 0. The Morgan fingerprint density at radius 1 is 1.33 bits per heavy atom. The third-order valence-electron chi connectivity index (χ3n) is 3.56. The summed E-state index contributed by atoms with van der Waals surface area (Å²) in [5.74, 6) is 0.326. The van der Waals surface area contributed by atoms with Crippen LogP contribution in [0.1, 0.15) is 18.4 Å². The standard InChI is InChI=1S/C14H21N3O/c1-10-7-12(15)9-13(8-10)17-5-3-11(4-6-17)14(18)16-2/h7-9,11H,3-6,15H2,1-2H3,(H,16,18). The fourth-order valence-corrected chi connectivity index (χ4v) is 2.58. The lowest BCUT2D eigenvalue weighted by molar-refractivity contribution is -0.125. The van der Waals surface area contributed by atoms with Crippen molar-refractivity contribution in [2.24, 2.45) is 5.92 Å². The molecule has 1 aromatic rings. The number of nitrogens with two attached hydrogens (primary N) is 1. The summed E-state index contributed by atoms with van der Waals surface area (Å²) in [6.07, 6.45) is 1.82. The molecule has 0 aliphatic carbocycles. The topological polar surface area (TPSA) is 58.4 Å². The van der Waals surface area contributed by atoms with Gasteiger partial charge in [-0.15, -0.1) is 0 Å². The number of hydrogen-bond donors (Lipinski definition) is 2. The van der Waals surface area contributed by atoms with Crippen LogP contribution >= 0.6 is 0 Å². The number of nitrogens with one attached hydrogen (secondary N) is 1. The quantitative estimate of drug-likeness (QED) is 0.779. The summed E-state index contributed by atoms with van der Waals surface area (Å²) in [6.45, 7) is 3.89. The lowest BCUT2D eigenvalue weighted by Crippen LogP contribution is -2.39. The van der Waals surface area contributed by atoms with E-state index in [0.29, 0.717) is 0 Å². The Morgan fingerprint density at radius 2 is 2.00 bits per heavy atom. The molecule has 1 aliphatic rings. The number of carbonyl (C=O) groups is 1. The van der Waals surface area contributed by atoms with Crippen molar-refractivity contribution in [1.82, 2.24) is 5.32 Å². The van der Waals surface area contributed by atoms with E-state index in [1.165, 1.54) is 11.3 Å². The largest absolute Gasteiger partial charge is 0.399 e. The van der Waals surface area contributed by atoms with Gasteiger partial charge in [0.25, 0.3) is 0 Å². The first-order valence-electron chi connectivity index (χ1n) is 6.44. The van der Waals surface area contributed by atoms with E-state index in [1.807, 2.05) is 12.1 Å². The Hall–Kier alpha value is -1.71. The average molecular weight is 247 g/mol. The van der Waals surface area contributed by atoms with Crippen LogP contribution in [0.5, 0.6) is 0 Å². The minimum Gasteiger partial charge on any atom is -0.399 e. The molecule has 0 aromatic heterocycles. The number of benzene rings is 1. The molecule has 0 bridgehead atoms. The van der Waals surface area contributed by atoms with E-state index in [9.17, 15) is 4.79 Å². The summed E-state index contributed by atoms with van der Waals surface area (Å²) < 4.78 is 0.